The number of benzene rings is 2. The van der Waals surface area contributed by atoms with Crippen LogP contribution in [0.5, 0.6) is 0 Å². The van der Waals surface area contributed by atoms with E-state index in [1.165, 1.54) is 0 Å². The van der Waals surface area contributed by atoms with Crippen molar-refractivity contribution in [3.63, 3.8) is 0 Å². The van der Waals surface area contributed by atoms with Crippen LogP contribution in [0.25, 0.3) is 11.0 Å². The fraction of sp³-hybridized carbons (Fsp3) is 0.250. The number of carbonyl (C=O) groups excluding carboxylic acids is 1. The fourth-order valence-electron chi connectivity index (χ4n) is 2.74. The van der Waals surface area contributed by atoms with Gasteiger partial charge in [-0.1, -0.05) is 32.0 Å². The third-order valence-corrected chi connectivity index (χ3v) is 4.14. The molecule has 4 heteroatoms. The molecule has 0 saturated heterocycles. The van der Waals surface area contributed by atoms with Crippen molar-refractivity contribution >= 4 is 22.6 Å². The zero-order valence-electron chi connectivity index (χ0n) is 14.3. The van der Waals surface area contributed by atoms with Crippen LogP contribution in [0.4, 0.5) is 5.69 Å². The molecule has 0 spiro atoms. The number of aryl methyl sites for hydroxylation is 3. The first-order valence-corrected chi connectivity index (χ1v) is 8.29. The molecule has 1 heterocycles. The molecule has 122 valence electrons. The molecule has 1 N–H and O–H groups in total. The van der Waals surface area contributed by atoms with E-state index in [1.54, 1.807) is 6.07 Å². The van der Waals surface area contributed by atoms with E-state index in [0.717, 1.165) is 46.5 Å². The van der Waals surface area contributed by atoms with E-state index < -0.39 is 0 Å². The van der Waals surface area contributed by atoms with Gasteiger partial charge in [0.15, 0.2) is 0 Å². The molecule has 24 heavy (non-hydrogen) atoms. The van der Waals surface area contributed by atoms with Crippen molar-refractivity contribution in [2.45, 2.75) is 33.6 Å². The van der Waals surface area contributed by atoms with Crippen molar-refractivity contribution in [3.8, 4) is 0 Å². The first kappa shape index (κ1) is 16.1. The van der Waals surface area contributed by atoms with E-state index in [4.69, 9.17) is 0 Å². The van der Waals surface area contributed by atoms with Crippen LogP contribution in [0, 0.1) is 6.92 Å². The van der Waals surface area contributed by atoms with Gasteiger partial charge >= 0.3 is 0 Å². The summed E-state index contributed by atoms with van der Waals surface area (Å²) in [5, 5.41) is 2.96. The molecule has 0 radical (unpaired) electrons. The minimum absolute atomic E-state index is 0.134. The minimum Gasteiger partial charge on any atom is -0.322 e. The summed E-state index contributed by atoms with van der Waals surface area (Å²) in [7, 11) is 0. The largest absolute Gasteiger partial charge is 0.322 e. The van der Waals surface area contributed by atoms with E-state index in [0.29, 0.717) is 5.56 Å². The van der Waals surface area contributed by atoms with Crippen molar-refractivity contribution in [2.24, 2.45) is 0 Å². The van der Waals surface area contributed by atoms with Crippen LogP contribution < -0.4 is 5.32 Å². The molecule has 2 aromatic carbocycles. The van der Waals surface area contributed by atoms with Gasteiger partial charge in [-0.3, -0.25) is 4.79 Å². The lowest BCUT2D eigenvalue weighted by atomic mass is 10.1. The van der Waals surface area contributed by atoms with Gasteiger partial charge in [0.25, 0.3) is 5.91 Å². The van der Waals surface area contributed by atoms with Crippen LogP contribution >= 0.6 is 0 Å². The Morgan fingerprint density at radius 2 is 1.62 bits per heavy atom. The van der Waals surface area contributed by atoms with Gasteiger partial charge in [0, 0.05) is 11.3 Å². The predicted octanol–water partition coefficient (Wildman–Crippen LogP) is 4.32. The lowest BCUT2D eigenvalue weighted by Crippen LogP contribution is -2.13. The Balaban J connectivity index is 1.95. The number of nitrogens with zero attached hydrogens (tertiary/aromatic N) is 2. The number of anilines is 1. The molecule has 0 aliphatic heterocycles. The van der Waals surface area contributed by atoms with Gasteiger partial charge in [-0.05, 0) is 49.6 Å². The third kappa shape index (κ3) is 3.13. The summed E-state index contributed by atoms with van der Waals surface area (Å²) < 4.78 is 0. The van der Waals surface area contributed by atoms with Crippen LogP contribution in [0.1, 0.15) is 41.2 Å². The highest BCUT2D eigenvalue weighted by Gasteiger charge is 2.11. The summed E-state index contributed by atoms with van der Waals surface area (Å²) in [4.78, 5) is 21.9. The second kappa shape index (κ2) is 6.79. The van der Waals surface area contributed by atoms with Crippen LogP contribution in [-0.2, 0) is 12.8 Å². The molecule has 0 aliphatic carbocycles. The molecule has 0 atom stereocenters. The van der Waals surface area contributed by atoms with Gasteiger partial charge in [-0.25, -0.2) is 9.97 Å². The molecule has 0 bridgehead atoms. The number of carbonyl (C=O) groups is 1. The highest BCUT2D eigenvalue weighted by molar-refractivity contribution is 6.06. The summed E-state index contributed by atoms with van der Waals surface area (Å²) in [5.41, 5.74) is 6.07. The molecule has 3 rings (SSSR count). The molecule has 0 saturated carbocycles. The maximum Gasteiger partial charge on any atom is 0.255 e. The lowest BCUT2D eigenvalue weighted by Gasteiger charge is -2.10. The zero-order chi connectivity index (χ0) is 17.1. The van der Waals surface area contributed by atoms with Crippen LogP contribution in [0.2, 0.25) is 0 Å². The number of aromatic nitrogens is 2. The predicted molar refractivity (Wildman–Crippen MR) is 97.4 cm³/mol. The maximum atomic E-state index is 12.5. The minimum atomic E-state index is -0.134. The highest BCUT2D eigenvalue weighted by Crippen LogP contribution is 2.18. The Bertz CT molecular complexity index is 903. The van der Waals surface area contributed by atoms with E-state index in [2.05, 4.69) is 29.1 Å². The van der Waals surface area contributed by atoms with Crippen LogP contribution in [0.3, 0.4) is 0 Å². The molecular formula is C20H21N3O. The molecule has 1 amide bonds. The topological polar surface area (TPSA) is 54.9 Å². The number of amides is 1. The Labute approximate surface area is 142 Å². The highest BCUT2D eigenvalue weighted by atomic mass is 16.1. The normalized spacial score (nSPS) is 10.8. The Hall–Kier alpha value is -2.75. The molecule has 0 fully saturated rings. The Morgan fingerprint density at radius 3 is 2.29 bits per heavy atom. The molecule has 0 unspecified atom stereocenters. The van der Waals surface area contributed by atoms with E-state index in [9.17, 15) is 4.79 Å². The average molecular weight is 319 g/mol. The van der Waals surface area contributed by atoms with E-state index in [-0.39, 0.29) is 5.91 Å². The number of hydrogen-bond acceptors (Lipinski definition) is 3. The molecule has 0 aliphatic rings. The second-order valence-electron chi connectivity index (χ2n) is 5.80. The summed E-state index contributed by atoms with van der Waals surface area (Å²) in [6.07, 6.45) is 1.70. The van der Waals surface area contributed by atoms with Crippen molar-refractivity contribution < 1.29 is 4.79 Å². The van der Waals surface area contributed by atoms with E-state index in [1.807, 2.05) is 43.3 Å². The van der Waals surface area contributed by atoms with Gasteiger partial charge in [0.1, 0.15) is 0 Å². The number of nitrogens with one attached hydrogen (secondary N) is 1. The Morgan fingerprint density at radius 1 is 0.958 bits per heavy atom. The van der Waals surface area contributed by atoms with Gasteiger partial charge in [0.05, 0.1) is 22.4 Å². The second-order valence-corrected chi connectivity index (χ2v) is 5.80. The van der Waals surface area contributed by atoms with Crippen molar-refractivity contribution in [1.29, 1.82) is 0 Å². The zero-order valence-corrected chi connectivity index (χ0v) is 14.3. The van der Waals surface area contributed by atoms with Gasteiger partial charge in [-0.15, -0.1) is 0 Å². The van der Waals surface area contributed by atoms with Crippen molar-refractivity contribution in [1.82, 2.24) is 9.97 Å². The first-order chi connectivity index (χ1) is 11.6. The summed E-state index contributed by atoms with van der Waals surface area (Å²) in [6.45, 7) is 6.13. The smallest absolute Gasteiger partial charge is 0.255 e. The molecule has 1 aromatic heterocycles. The quantitative estimate of drug-likeness (QED) is 0.779. The third-order valence-electron chi connectivity index (χ3n) is 4.14. The lowest BCUT2D eigenvalue weighted by molar-refractivity contribution is 0.102. The average Bonchev–Trinajstić information content (AvgIpc) is 2.61. The van der Waals surface area contributed by atoms with Crippen molar-refractivity contribution in [3.05, 3.63) is 65.0 Å². The Kier molecular flexibility index (Phi) is 4.56. The number of fused-ring (bicyclic) bond motifs is 1. The van der Waals surface area contributed by atoms with Gasteiger partial charge in [0.2, 0.25) is 0 Å². The SMILES string of the molecule is CCc1nc2ccc(C(=O)Nc3ccccc3C)cc2nc1CC. The van der Waals surface area contributed by atoms with Crippen LogP contribution in [-0.4, -0.2) is 15.9 Å². The standard InChI is InChI=1S/C20H21N3O/c1-4-15-16(5-2)22-19-12-14(10-11-18(19)21-15)20(24)23-17-9-7-6-8-13(17)3/h6-12H,4-5H2,1-3H3,(H,23,24). The fourth-order valence-corrected chi connectivity index (χ4v) is 2.74. The number of para-hydroxylation sites is 1. The monoisotopic (exact) mass is 319 g/mol. The van der Waals surface area contributed by atoms with E-state index >= 15 is 0 Å². The van der Waals surface area contributed by atoms with Gasteiger partial charge < -0.3 is 5.32 Å². The van der Waals surface area contributed by atoms with Crippen molar-refractivity contribution in [2.75, 3.05) is 5.32 Å². The number of hydrogen-bond donors (Lipinski definition) is 1. The summed E-state index contributed by atoms with van der Waals surface area (Å²) in [5.74, 6) is -0.134. The summed E-state index contributed by atoms with van der Waals surface area (Å²) >= 11 is 0. The first-order valence-electron chi connectivity index (χ1n) is 8.29. The molecule has 4 nitrogen and oxygen atoms in total. The van der Waals surface area contributed by atoms with Gasteiger partial charge in [-0.2, -0.15) is 0 Å². The summed E-state index contributed by atoms with van der Waals surface area (Å²) in [6, 6.07) is 13.2. The number of rotatable bonds is 4. The maximum absolute atomic E-state index is 12.5. The molecule has 3 aromatic rings. The molecular weight excluding hydrogens is 298 g/mol. The van der Waals surface area contributed by atoms with Crippen LogP contribution in [0.15, 0.2) is 42.5 Å².